The van der Waals surface area contributed by atoms with Gasteiger partial charge in [-0.3, -0.25) is 14.4 Å². The molecule has 0 aliphatic carbocycles. The number of rotatable bonds is 7. The van der Waals surface area contributed by atoms with E-state index in [1.165, 1.54) is 20.4 Å². The van der Waals surface area contributed by atoms with Gasteiger partial charge in [-0.2, -0.15) is 0 Å². The Morgan fingerprint density at radius 3 is 2.38 bits per heavy atom. The molecule has 7 nitrogen and oxygen atoms in total. The second-order valence-corrected chi connectivity index (χ2v) is 7.83. The number of ether oxygens (including phenoxy) is 2. The normalized spacial score (nSPS) is 10.7. The lowest BCUT2D eigenvalue weighted by atomic mass is 10.0. The van der Waals surface area contributed by atoms with Crippen molar-refractivity contribution in [2.75, 3.05) is 19.5 Å². The van der Waals surface area contributed by atoms with Crippen molar-refractivity contribution in [2.45, 2.75) is 13.5 Å². The molecule has 0 atom stereocenters. The molecule has 0 bridgehead atoms. The van der Waals surface area contributed by atoms with Gasteiger partial charge in [-0.05, 0) is 31.2 Å². The van der Waals surface area contributed by atoms with Crippen molar-refractivity contribution >= 4 is 28.3 Å². The number of benzene rings is 3. The molecule has 0 spiro atoms. The first-order valence-corrected chi connectivity index (χ1v) is 10.7. The number of ketones is 1. The van der Waals surface area contributed by atoms with Crippen molar-refractivity contribution in [1.29, 1.82) is 0 Å². The van der Waals surface area contributed by atoms with Crippen LogP contribution in [0.25, 0.3) is 10.9 Å². The third-order valence-electron chi connectivity index (χ3n) is 5.54. The van der Waals surface area contributed by atoms with Crippen LogP contribution in [0.4, 0.5) is 5.69 Å². The van der Waals surface area contributed by atoms with E-state index in [0.717, 1.165) is 5.56 Å². The first-order valence-electron chi connectivity index (χ1n) is 10.7. The number of amides is 1. The lowest BCUT2D eigenvalue weighted by Gasteiger charge is -2.15. The quantitative estimate of drug-likeness (QED) is 0.421. The minimum absolute atomic E-state index is 0.00862. The molecule has 0 unspecified atom stereocenters. The molecule has 1 aromatic heterocycles. The molecule has 1 heterocycles. The van der Waals surface area contributed by atoms with Crippen molar-refractivity contribution in [3.63, 3.8) is 0 Å². The van der Waals surface area contributed by atoms with Gasteiger partial charge in [-0.25, -0.2) is 0 Å². The van der Waals surface area contributed by atoms with E-state index in [4.69, 9.17) is 9.47 Å². The fraction of sp³-hybridized carbons (Fsp3) is 0.148. The second-order valence-electron chi connectivity index (χ2n) is 7.83. The Kier molecular flexibility index (Phi) is 6.45. The van der Waals surface area contributed by atoms with E-state index in [1.807, 2.05) is 19.1 Å². The molecule has 4 rings (SSSR count). The van der Waals surface area contributed by atoms with E-state index in [1.54, 1.807) is 59.2 Å². The van der Waals surface area contributed by atoms with Gasteiger partial charge in [0.1, 0.15) is 18.0 Å². The van der Waals surface area contributed by atoms with Gasteiger partial charge in [-0.1, -0.05) is 42.0 Å². The van der Waals surface area contributed by atoms with Crippen LogP contribution in [-0.4, -0.2) is 30.5 Å². The van der Waals surface area contributed by atoms with Crippen molar-refractivity contribution in [2.24, 2.45) is 0 Å². The first kappa shape index (κ1) is 22.8. The zero-order chi connectivity index (χ0) is 24.2. The molecular weight excluding hydrogens is 432 g/mol. The smallest absolute Gasteiger partial charge is 0.244 e. The minimum atomic E-state index is -0.389. The topological polar surface area (TPSA) is 86.6 Å². The summed E-state index contributed by atoms with van der Waals surface area (Å²) < 4.78 is 12.2. The van der Waals surface area contributed by atoms with E-state index in [2.05, 4.69) is 5.32 Å². The fourth-order valence-corrected chi connectivity index (χ4v) is 3.75. The fourth-order valence-electron chi connectivity index (χ4n) is 3.75. The summed E-state index contributed by atoms with van der Waals surface area (Å²) in [4.78, 5) is 39.3. The van der Waals surface area contributed by atoms with Crippen molar-refractivity contribution in [1.82, 2.24) is 4.57 Å². The zero-order valence-electron chi connectivity index (χ0n) is 19.1. The molecular formula is C27H24N2O5. The molecule has 7 heteroatoms. The number of nitrogens with one attached hydrogen (secondary N) is 1. The number of pyridine rings is 1. The number of fused-ring (bicyclic) bond motifs is 1. The Hall–Kier alpha value is -4.39. The molecule has 0 saturated carbocycles. The van der Waals surface area contributed by atoms with Crippen molar-refractivity contribution in [3.05, 3.63) is 99.8 Å². The monoisotopic (exact) mass is 456 g/mol. The second kappa shape index (κ2) is 9.62. The Morgan fingerprint density at radius 2 is 1.68 bits per heavy atom. The highest BCUT2D eigenvalue weighted by Gasteiger charge is 2.18. The van der Waals surface area contributed by atoms with E-state index in [9.17, 15) is 14.4 Å². The van der Waals surface area contributed by atoms with Crippen LogP contribution in [0, 0.1) is 6.92 Å². The maximum atomic E-state index is 13.2. The Balaban J connectivity index is 1.72. The number of hydrogen-bond acceptors (Lipinski definition) is 5. The van der Waals surface area contributed by atoms with Gasteiger partial charge in [0, 0.05) is 23.2 Å². The van der Waals surface area contributed by atoms with Crippen molar-refractivity contribution in [3.8, 4) is 11.5 Å². The summed E-state index contributed by atoms with van der Waals surface area (Å²) in [6.07, 6.45) is 1.45. The van der Waals surface area contributed by atoms with Crippen LogP contribution < -0.4 is 20.2 Å². The van der Waals surface area contributed by atoms with Gasteiger partial charge in [0.05, 0.1) is 31.0 Å². The largest absolute Gasteiger partial charge is 0.497 e. The average Bonchev–Trinajstić information content (AvgIpc) is 2.85. The minimum Gasteiger partial charge on any atom is -0.497 e. The van der Waals surface area contributed by atoms with Gasteiger partial charge in [0.15, 0.2) is 5.78 Å². The van der Waals surface area contributed by atoms with Crippen LogP contribution in [0.3, 0.4) is 0 Å². The summed E-state index contributed by atoms with van der Waals surface area (Å²) in [6, 6.07) is 19.0. The number of aryl methyl sites for hydroxylation is 1. The average molecular weight is 456 g/mol. The number of aromatic nitrogens is 1. The maximum Gasteiger partial charge on any atom is 0.244 e. The van der Waals surface area contributed by atoms with E-state index >= 15 is 0 Å². The molecule has 0 fully saturated rings. The highest BCUT2D eigenvalue weighted by Crippen LogP contribution is 2.29. The van der Waals surface area contributed by atoms with E-state index in [-0.39, 0.29) is 29.2 Å². The lowest BCUT2D eigenvalue weighted by Crippen LogP contribution is -2.24. The molecule has 1 N–H and O–H groups in total. The molecule has 0 radical (unpaired) electrons. The number of hydrogen-bond donors (Lipinski definition) is 1. The molecule has 1 amide bonds. The van der Waals surface area contributed by atoms with E-state index in [0.29, 0.717) is 33.7 Å². The summed E-state index contributed by atoms with van der Waals surface area (Å²) in [7, 11) is 3.04. The van der Waals surface area contributed by atoms with Crippen LogP contribution in [0.2, 0.25) is 0 Å². The predicted octanol–water partition coefficient (Wildman–Crippen LogP) is 4.20. The number of nitrogens with zero attached hydrogens (tertiary/aromatic N) is 1. The number of para-hydroxylation sites is 1. The zero-order valence-corrected chi connectivity index (χ0v) is 19.1. The summed E-state index contributed by atoms with van der Waals surface area (Å²) in [6.45, 7) is 1.81. The predicted molar refractivity (Wildman–Crippen MR) is 131 cm³/mol. The number of carbonyl (C=O) groups is 2. The standard InChI is InChI=1S/C27H24N2O5/c1-17-8-10-18(11-9-17)26(31)21-15-29(23-7-5-4-6-20(23)27(21)32)16-25(30)28-22-14-19(33-2)12-13-24(22)34-3/h4-15H,16H2,1-3H3,(H,28,30). The van der Waals surface area contributed by atoms with Crippen LogP contribution in [0.5, 0.6) is 11.5 Å². The van der Waals surface area contributed by atoms with E-state index < -0.39 is 0 Å². The van der Waals surface area contributed by atoms with Gasteiger partial charge in [0.2, 0.25) is 11.3 Å². The first-order chi connectivity index (χ1) is 16.4. The van der Waals surface area contributed by atoms with Gasteiger partial charge >= 0.3 is 0 Å². The number of anilines is 1. The van der Waals surface area contributed by atoms with Crippen molar-refractivity contribution < 1.29 is 19.1 Å². The van der Waals surface area contributed by atoms with Gasteiger partial charge in [0.25, 0.3) is 0 Å². The molecule has 4 aromatic rings. The van der Waals surface area contributed by atoms with Crippen LogP contribution >= 0.6 is 0 Å². The Morgan fingerprint density at radius 1 is 0.941 bits per heavy atom. The summed E-state index contributed by atoms with van der Waals surface area (Å²) in [5.74, 6) is 0.304. The van der Waals surface area contributed by atoms with Crippen LogP contribution in [0.15, 0.2) is 77.7 Å². The molecule has 0 aliphatic rings. The molecule has 0 saturated heterocycles. The van der Waals surface area contributed by atoms with Crippen LogP contribution in [-0.2, 0) is 11.3 Å². The summed E-state index contributed by atoms with van der Waals surface area (Å²) in [5, 5.41) is 3.19. The Labute approximate surface area is 196 Å². The van der Waals surface area contributed by atoms with Crippen LogP contribution in [0.1, 0.15) is 21.5 Å². The van der Waals surface area contributed by atoms with Gasteiger partial charge in [-0.15, -0.1) is 0 Å². The highest BCUT2D eigenvalue weighted by atomic mass is 16.5. The number of carbonyl (C=O) groups excluding carboxylic acids is 2. The molecule has 34 heavy (non-hydrogen) atoms. The SMILES string of the molecule is COc1ccc(OC)c(NC(=O)Cn2cc(C(=O)c3ccc(C)cc3)c(=O)c3ccccc32)c1. The Bertz CT molecular complexity index is 1440. The third-order valence-corrected chi connectivity index (χ3v) is 5.54. The molecule has 0 aliphatic heterocycles. The maximum absolute atomic E-state index is 13.2. The van der Waals surface area contributed by atoms with Gasteiger partial charge < -0.3 is 19.4 Å². The summed E-state index contributed by atoms with van der Waals surface area (Å²) >= 11 is 0. The molecule has 3 aromatic carbocycles. The lowest BCUT2D eigenvalue weighted by molar-refractivity contribution is -0.116. The third kappa shape index (κ3) is 4.54. The number of methoxy groups -OCH3 is 2. The highest BCUT2D eigenvalue weighted by molar-refractivity contribution is 6.10. The summed E-state index contributed by atoms with van der Waals surface area (Å²) in [5.41, 5.74) is 2.07. The molecule has 172 valence electrons.